The van der Waals surface area contributed by atoms with Gasteiger partial charge in [0, 0.05) is 20.0 Å². The van der Waals surface area contributed by atoms with Gasteiger partial charge in [-0.3, -0.25) is 4.79 Å². The van der Waals surface area contributed by atoms with Gasteiger partial charge in [-0.05, 0) is 31.2 Å². The maximum Gasteiger partial charge on any atom is 0.251 e. The predicted molar refractivity (Wildman–Crippen MR) is 66.5 cm³/mol. The molecule has 0 bridgehead atoms. The fraction of sp³-hybridized carbons (Fsp3) is 0.923. The molecule has 0 radical (unpaired) electrons. The molecule has 4 nitrogen and oxygen atoms in total. The molecule has 0 aromatic heterocycles. The highest BCUT2D eigenvalue weighted by Crippen LogP contribution is 2.30. The van der Waals surface area contributed by atoms with Crippen molar-refractivity contribution in [3.63, 3.8) is 0 Å². The number of likely N-dealkylation sites (tertiary alicyclic amines) is 1. The van der Waals surface area contributed by atoms with Crippen molar-refractivity contribution >= 4 is 5.91 Å². The molecule has 4 heteroatoms. The standard InChI is InChI=1S/C13H24N2O2/c1-15-7-6-12(13(15)16)17-9-11-5-3-2-4-10(11)8-14/h10-12H,2-9,14H2,1H3. The molecule has 0 spiro atoms. The molecule has 1 aliphatic heterocycles. The van der Waals surface area contributed by atoms with E-state index in [1.54, 1.807) is 4.90 Å². The zero-order valence-electron chi connectivity index (χ0n) is 10.7. The van der Waals surface area contributed by atoms with Gasteiger partial charge in [0.05, 0.1) is 6.61 Å². The fourth-order valence-corrected chi connectivity index (χ4v) is 3.00. The van der Waals surface area contributed by atoms with Gasteiger partial charge in [0.2, 0.25) is 0 Å². The third-order valence-corrected chi connectivity index (χ3v) is 4.26. The molecule has 1 amide bonds. The Balaban J connectivity index is 1.79. The number of nitrogens with two attached hydrogens (primary N) is 1. The Morgan fingerprint density at radius 3 is 2.59 bits per heavy atom. The van der Waals surface area contributed by atoms with Crippen LogP contribution < -0.4 is 5.73 Å². The number of carbonyl (C=O) groups excluding carboxylic acids is 1. The van der Waals surface area contributed by atoms with Crippen molar-refractivity contribution in [3.05, 3.63) is 0 Å². The molecular formula is C13H24N2O2. The maximum absolute atomic E-state index is 11.7. The van der Waals surface area contributed by atoms with E-state index in [1.807, 2.05) is 7.05 Å². The number of hydrogen-bond acceptors (Lipinski definition) is 3. The van der Waals surface area contributed by atoms with Gasteiger partial charge in [-0.15, -0.1) is 0 Å². The van der Waals surface area contributed by atoms with Crippen LogP contribution in [0, 0.1) is 11.8 Å². The minimum atomic E-state index is -0.194. The molecule has 2 rings (SSSR count). The quantitative estimate of drug-likeness (QED) is 0.797. The van der Waals surface area contributed by atoms with E-state index in [1.165, 1.54) is 25.7 Å². The van der Waals surface area contributed by atoms with E-state index < -0.39 is 0 Å². The number of likely N-dealkylation sites (N-methyl/N-ethyl adjacent to an activating group) is 1. The molecule has 2 fully saturated rings. The molecule has 2 N–H and O–H groups in total. The smallest absolute Gasteiger partial charge is 0.251 e. The van der Waals surface area contributed by atoms with Crippen LogP contribution in [0.5, 0.6) is 0 Å². The lowest BCUT2D eigenvalue weighted by Gasteiger charge is -2.31. The molecule has 0 aromatic carbocycles. The summed E-state index contributed by atoms with van der Waals surface area (Å²) in [7, 11) is 1.84. The number of nitrogens with zero attached hydrogens (tertiary/aromatic N) is 1. The van der Waals surface area contributed by atoms with Gasteiger partial charge in [-0.2, -0.15) is 0 Å². The van der Waals surface area contributed by atoms with Crippen LogP contribution in [0.1, 0.15) is 32.1 Å². The molecule has 0 aromatic rings. The summed E-state index contributed by atoms with van der Waals surface area (Å²) in [6, 6.07) is 0. The van der Waals surface area contributed by atoms with Crippen molar-refractivity contribution in [2.24, 2.45) is 17.6 Å². The van der Waals surface area contributed by atoms with Crippen LogP contribution in [0.3, 0.4) is 0 Å². The molecule has 17 heavy (non-hydrogen) atoms. The van der Waals surface area contributed by atoms with Crippen LogP contribution in [0.2, 0.25) is 0 Å². The van der Waals surface area contributed by atoms with E-state index in [9.17, 15) is 4.79 Å². The molecule has 1 saturated heterocycles. The average Bonchev–Trinajstić information content (AvgIpc) is 2.68. The van der Waals surface area contributed by atoms with E-state index in [0.29, 0.717) is 18.4 Å². The number of rotatable bonds is 4. The lowest BCUT2D eigenvalue weighted by molar-refractivity contribution is -0.137. The zero-order valence-corrected chi connectivity index (χ0v) is 10.7. The second kappa shape index (κ2) is 5.83. The van der Waals surface area contributed by atoms with Crippen LogP contribution >= 0.6 is 0 Å². The molecule has 2 aliphatic rings. The predicted octanol–water partition coefficient (Wildman–Crippen LogP) is 0.999. The number of carbonyl (C=O) groups is 1. The van der Waals surface area contributed by atoms with E-state index in [4.69, 9.17) is 10.5 Å². The Bertz CT molecular complexity index is 270. The zero-order chi connectivity index (χ0) is 12.3. The van der Waals surface area contributed by atoms with Gasteiger partial charge >= 0.3 is 0 Å². The molecule has 3 unspecified atom stereocenters. The molecule has 98 valence electrons. The first-order valence-corrected chi connectivity index (χ1v) is 6.79. The van der Waals surface area contributed by atoms with Gasteiger partial charge in [0.1, 0.15) is 6.10 Å². The van der Waals surface area contributed by atoms with Gasteiger partial charge in [-0.25, -0.2) is 0 Å². The average molecular weight is 240 g/mol. The molecule has 3 atom stereocenters. The molecule has 1 heterocycles. The van der Waals surface area contributed by atoms with Gasteiger partial charge in [0.25, 0.3) is 5.91 Å². The summed E-state index contributed by atoms with van der Waals surface area (Å²) in [6.07, 6.45) is 5.66. The lowest BCUT2D eigenvalue weighted by atomic mass is 9.80. The highest BCUT2D eigenvalue weighted by molar-refractivity contribution is 5.82. The van der Waals surface area contributed by atoms with Crippen molar-refractivity contribution in [2.75, 3.05) is 26.7 Å². The van der Waals surface area contributed by atoms with E-state index in [-0.39, 0.29) is 12.0 Å². The Hall–Kier alpha value is -0.610. The van der Waals surface area contributed by atoms with E-state index in [0.717, 1.165) is 19.5 Å². The Morgan fingerprint density at radius 2 is 2.00 bits per heavy atom. The largest absolute Gasteiger partial charge is 0.368 e. The van der Waals surface area contributed by atoms with Gasteiger partial charge in [-0.1, -0.05) is 12.8 Å². The molecule has 1 aliphatic carbocycles. The van der Waals surface area contributed by atoms with Crippen LogP contribution in [0.4, 0.5) is 0 Å². The highest BCUT2D eigenvalue weighted by Gasteiger charge is 2.32. The summed E-state index contributed by atoms with van der Waals surface area (Å²) in [5, 5.41) is 0. The first kappa shape index (κ1) is 12.8. The van der Waals surface area contributed by atoms with Crippen LogP contribution in [0.15, 0.2) is 0 Å². The van der Waals surface area contributed by atoms with E-state index in [2.05, 4.69) is 0 Å². The maximum atomic E-state index is 11.7. The summed E-state index contributed by atoms with van der Waals surface area (Å²) in [5.41, 5.74) is 5.80. The Labute approximate surface area is 103 Å². The van der Waals surface area contributed by atoms with Crippen molar-refractivity contribution in [2.45, 2.75) is 38.2 Å². The first-order chi connectivity index (χ1) is 8.22. The highest BCUT2D eigenvalue weighted by atomic mass is 16.5. The number of amides is 1. The summed E-state index contributed by atoms with van der Waals surface area (Å²) in [4.78, 5) is 13.5. The summed E-state index contributed by atoms with van der Waals surface area (Å²) >= 11 is 0. The topological polar surface area (TPSA) is 55.6 Å². The summed E-state index contributed by atoms with van der Waals surface area (Å²) in [5.74, 6) is 1.30. The Kier molecular flexibility index (Phi) is 4.40. The lowest BCUT2D eigenvalue weighted by Crippen LogP contribution is -2.33. The van der Waals surface area contributed by atoms with Gasteiger partial charge < -0.3 is 15.4 Å². The van der Waals surface area contributed by atoms with Crippen LogP contribution in [-0.2, 0) is 9.53 Å². The van der Waals surface area contributed by atoms with Crippen molar-refractivity contribution < 1.29 is 9.53 Å². The third kappa shape index (κ3) is 2.99. The van der Waals surface area contributed by atoms with Crippen LogP contribution in [0.25, 0.3) is 0 Å². The van der Waals surface area contributed by atoms with Crippen molar-refractivity contribution in [3.8, 4) is 0 Å². The van der Waals surface area contributed by atoms with Gasteiger partial charge in [0.15, 0.2) is 0 Å². The number of hydrogen-bond donors (Lipinski definition) is 1. The third-order valence-electron chi connectivity index (χ3n) is 4.26. The van der Waals surface area contributed by atoms with Crippen molar-refractivity contribution in [1.29, 1.82) is 0 Å². The van der Waals surface area contributed by atoms with Crippen LogP contribution in [-0.4, -0.2) is 43.7 Å². The second-order valence-electron chi connectivity index (χ2n) is 5.41. The summed E-state index contributed by atoms with van der Waals surface area (Å²) < 4.78 is 5.81. The molecular weight excluding hydrogens is 216 g/mol. The summed E-state index contributed by atoms with van der Waals surface area (Å²) in [6.45, 7) is 2.30. The van der Waals surface area contributed by atoms with Crippen molar-refractivity contribution in [1.82, 2.24) is 4.90 Å². The molecule has 1 saturated carbocycles. The Morgan fingerprint density at radius 1 is 1.29 bits per heavy atom. The minimum Gasteiger partial charge on any atom is -0.368 e. The fourth-order valence-electron chi connectivity index (χ4n) is 3.00. The minimum absolute atomic E-state index is 0.144. The second-order valence-corrected chi connectivity index (χ2v) is 5.41. The SMILES string of the molecule is CN1CCC(OCC2CCCCC2CN)C1=O. The number of ether oxygens (including phenoxy) is 1. The monoisotopic (exact) mass is 240 g/mol. The van der Waals surface area contributed by atoms with E-state index >= 15 is 0 Å². The normalized spacial score (nSPS) is 34.4. The first-order valence-electron chi connectivity index (χ1n) is 6.79.